The van der Waals surface area contributed by atoms with Crippen LogP contribution in [-0.2, 0) is 0 Å². The fourth-order valence-electron chi connectivity index (χ4n) is 2.87. The Bertz CT molecular complexity index is 487. The van der Waals surface area contributed by atoms with Gasteiger partial charge in [0.05, 0.1) is 14.2 Å². The van der Waals surface area contributed by atoms with Crippen LogP contribution in [0.4, 0.5) is 5.69 Å². The molecule has 0 bridgehead atoms. The van der Waals surface area contributed by atoms with Crippen molar-refractivity contribution in [2.24, 2.45) is 0 Å². The highest BCUT2D eigenvalue weighted by molar-refractivity contribution is 7.80. The van der Waals surface area contributed by atoms with Crippen LogP contribution >= 0.6 is 12.2 Å². The molecular formula is C21H36N2O2S. The van der Waals surface area contributed by atoms with Crippen LogP contribution < -0.4 is 20.1 Å². The normalized spacial score (nSPS) is 10.4. The van der Waals surface area contributed by atoms with Gasteiger partial charge < -0.3 is 20.1 Å². The number of unbranched alkanes of at least 4 members (excludes halogenated alkanes) is 9. The van der Waals surface area contributed by atoms with Crippen molar-refractivity contribution in [2.45, 2.75) is 71.1 Å². The van der Waals surface area contributed by atoms with Crippen LogP contribution in [0.25, 0.3) is 0 Å². The van der Waals surface area contributed by atoms with Crippen molar-refractivity contribution in [3.63, 3.8) is 0 Å². The van der Waals surface area contributed by atoms with Crippen LogP contribution in [0.2, 0.25) is 0 Å². The smallest absolute Gasteiger partial charge is 0.170 e. The van der Waals surface area contributed by atoms with Crippen molar-refractivity contribution >= 4 is 23.0 Å². The third-order valence-electron chi connectivity index (χ3n) is 4.43. The predicted octanol–water partition coefficient (Wildman–Crippen LogP) is 5.91. The second-order valence-corrected chi connectivity index (χ2v) is 7.07. The molecule has 148 valence electrons. The highest BCUT2D eigenvalue weighted by atomic mass is 32.1. The maximum absolute atomic E-state index is 5.36. The molecule has 0 atom stereocenters. The Balaban J connectivity index is 2.08. The van der Waals surface area contributed by atoms with Gasteiger partial charge in [0, 0.05) is 30.4 Å². The van der Waals surface area contributed by atoms with E-state index < -0.39 is 0 Å². The fraction of sp³-hybridized carbons (Fsp3) is 0.667. The summed E-state index contributed by atoms with van der Waals surface area (Å²) >= 11 is 5.36. The van der Waals surface area contributed by atoms with Gasteiger partial charge in [-0.3, -0.25) is 0 Å². The molecule has 0 radical (unpaired) electrons. The molecule has 1 aromatic carbocycles. The average molecular weight is 381 g/mol. The second kappa shape index (κ2) is 14.7. The van der Waals surface area contributed by atoms with Gasteiger partial charge in [-0.15, -0.1) is 0 Å². The van der Waals surface area contributed by atoms with E-state index in [2.05, 4.69) is 17.6 Å². The van der Waals surface area contributed by atoms with E-state index >= 15 is 0 Å². The van der Waals surface area contributed by atoms with Crippen molar-refractivity contribution < 1.29 is 9.47 Å². The molecule has 0 heterocycles. The van der Waals surface area contributed by atoms with Crippen molar-refractivity contribution in [1.82, 2.24) is 5.32 Å². The van der Waals surface area contributed by atoms with Gasteiger partial charge in [-0.1, -0.05) is 64.7 Å². The summed E-state index contributed by atoms with van der Waals surface area (Å²) in [7, 11) is 3.28. The van der Waals surface area contributed by atoms with Gasteiger partial charge in [-0.2, -0.15) is 0 Å². The molecule has 0 aliphatic rings. The van der Waals surface area contributed by atoms with Crippen molar-refractivity contribution in [3.05, 3.63) is 18.2 Å². The van der Waals surface area contributed by atoms with Crippen LogP contribution in [-0.4, -0.2) is 25.9 Å². The number of hydrogen-bond acceptors (Lipinski definition) is 3. The molecule has 0 saturated carbocycles. The minimum absolute atomic E-state index is 0.635. The van der Waals surface area contributed by atoms with Gasteiger partial charge >= 0.3 is 0 Å². The highest BCUT2D eigenvalue weighted by Crippen LogP contribution is 2.25. The Morgan fingerprint density at radius 2 is 1.31 bits per heavy atom. The number of methoxy groups -OCH3 is 2. The molecule has 2 N–H and O–H groups in total. The number of rotatable bonds is 14. The number of hydrogen-bond donors (Lipinski definition) is 2. The molecule has 1 rings (SSSR count). The number of anilines is 1. The molecule has 0 aliphatic carbocycles. The molecule has 4 nitrogen and oxygen atoms in total. The van der Waals surface area contributed by atoms with E-state index in [1.165, 1.54) is 57.8 Å². The summed E-state index contributed by atoms with van der Waals surface area (Å²) in [5, 5.41) is 7.09. The van der Waals surface area contributed by atoms with E-state index in [-0.39, 0.29) is 0 Å². The maximum atomic E-state index is 5.36. The van der Waals surface area contributed by atoms with Crippen LogP contribution in [0, 0.1) is 0 Å². The molecular weight excluding hydrogens is 344 g/mol. The van der Waals surface area contributed by atoms with Gasteiger partial charge in [-0.25, -0.2) is 0 Å². The predicted molar refractivity (Wildman–Crippen MR) is 116 cm³/mol. The first kappa shape index (κ1) is 22.6. The lowest BCUT2D eigenvalue weighted by atomic mass is 10.1. The molecule has 0 aromatic heterocycles. The lowest BCUT2D eigenvalue weighted by molar-refractivity contribution is 0.395. The van der Waals surface area contributed by atoms with E-state index in [0.717, 1.165) is 30.2 Å². The standard InChI is InChI=1S/C21H36N2O2S/c1-4-5-6-7-8-9-10-11-12-13-14-22-21(26)23-18-15-19(24-2)17-20(16-18)25-3/h15-17H,4-14H2,1-3H3,(H2,22,23,26). The zero-order valence-electron chi connectivity index (χ0n) is 16.7. The van der Waals surface area contributed by atoms with E-state index in [1.807, 2.05) is 18.2 Å². The van der Waals surface area contributed by atoms with E-state index in [1.54, 1.807) is 14.2 Å². The summed E-state index contributed by atoms with van der Waals surface area (Å²) in [5.41, 5.74) is 0.863. The van der Waals surface area contributed by atoms with Gasteiger partial charge in [-0.05, 0) is 18.6 Å². The molecule has 0 aliphatic heterocycles. The lowest BCUT2D eigenvalue weighted by Gasteiger charge is -2.13. The van der Waals surface area contributed by atoms with Gasteiger partial charge in [0.2, 0.25) is 0 Å². The number of nitrogens with one attached hydrogen (secondary N) is 2. The summed E-state index contributed by atoms with van der Waals surface area (Å²) in [6.07, 6.45) is 13.4. The molecule has 1 aromatic rings. The first-order valence-electron chi connectivity index (χ1n) is 9.97. The van der Waals surface area contributed by atoms with Crippen molar-refractivity contribution in [2.75, 3.05) is 26.1 Å². The number of ether oxygens (including phenoxy) is 2. The lowest BCUT2D eigenvalue weighted by Crippen LogP contribution is -2.29. The summed E-state index contributed by atoms with van der Waals surface area (Å²) in [6.45, 7) is 3.17. The SMILES string of the molecule is CCCCCCCCCCCCNC(=S)Nc1cc(OC)cc(OC)c1. The minimum atomic E-state index is 0.635. The van der Waals surface area contributed by atoms with Crippen LogP contribution in [0.15, 0.2) is 18.2 Å². The van der Waals surface area contributed by atoms with Crippen LogP contribution in [0.5, 0.6) is 11.5 Å². The molecule has 0 saturated heterocycles. The summed E-state index contributed by atoms with van der Waals surface area (Å²) in [5.74, 6) is 1.48. The zero-order chi connectivity index (χ0) is 19.0. The quantitative estimate of drug-likeness (QED) is 0.310. The summed E-state index contributed by atoms with van der Waals surface area (Å²) in [4.78, 5) is 0. The van der Waals surface area contributed by atoms with Crippen molar-refractivity contribution in [1.29, 1.82) is 0 Å². The summed E-state index contributed by atoms with van der Waals surface area (Å²) < 4.78 is 10.5. The monoisotopic (exact) mass is 380 g/mol. The molecule has 5 heteroatoms. The van der Waals surface area contributed by atoms with E-state index in [0.29, 0.717) is 5.11 Å². The Morgan fingerprint density at radius 1 is 0.808 bits per heavy atom. The Hall–Kier alpha value is -1.49. The van der Waals surface area contributed by atoms with Crippen LogP contribution in [0.1, 0.15) is 71.1 Å². The second-order valence-electron chi connectivity index (χ2n) is 6.66. The van der Waals surface area contributed by atoms with E-state index in [9.17, 15) is 0 Å². The van der Waals surface area contributed by atoms with Crippen molar-refractivity contribution in [3.8, 4) is 11.5 Å². The zero-order valence-corrected chi connectivity index (χ0v) is 17.6. The third kappa shape index (κ3) is 10.5. The van der Waals surface area contributed by atoms with Gasteiger partial charge in [0.15, 0.2) is 5.11 Å². The summed E-state index contributed by atoms with van der Waals surface area (Å²) in [6, 6.07) is 5.64. The Morgan fingerprint density at radius 3 is 1.81 bits per heavy atom. The third-order valence-corrected chi connectivity index (χ3v) is 4.67. The minimum Gasteiger partial charge on any atom is -0.497 e. The van der Waals surface area contributed by atoms with Gasteiger partial charge in [0.1, 0.15) is 11.5 Å². The molecule has 0 unspecified atom stereocenters. The maximum Gasteiger partial charge on any atom is 0.170 e. The molecule has 0 amide bonds. The van der Waals surface area contributed by atoms with E-state index in [4.69, 9.17) is 21.7 Å². The number of benzene rings is 1. The molecule has 26 heavy (non-hydrogen) atoms. The van der Waals surface area contributed by atoms with Gasteiger partial charge in [0.25, 0.3) is 0 Å². The number of thiocarbonyl (C=S) groups is 1. The fourth-order valence-corrected chi connectivity index (χ4v) is 3.09. The Kier molecular flexibility index (Phi) is 12.7. The first-order valence-corrected chi connectivity index (χ1v) is 10.4. The molecule has 0 fully saturated rings. The topological polar surface area (TPSA) is 42.5 Å². The molecule has 0 spiro atoms. The largest absolute Gasteiger partial charge is 0.497 e. The first-order chi connectivity index (χ1) is 12.7. The van der Waals surface area contributed by atoms with Crippen LogP contribution in [0.3, 0.4) is 0 Å². The average Bonchev–Trinajstić information content (AvgIpc) is 2.65. The Labute approximate surface area is 165 Å². The highest BCUT2D eigenvalue weighted by Gasteiger charge is 2.03.